The van der Waals surface area contributed by atoms with Crippen LogP contribution in [0.3, 0.4) is 0 Å². The Morgan fingerprint density at radius 3 is 1.96 bits per heavy atom. The van der Waals surface area contributed by atoms with Gasteiger partial charge in [-0.05, 0) is 55.8 Å². The van der Waals surface area contributed by atoms with Gasteiger partial charge in [0, 0.05) is 49.6 Å². The zero-order valence-corrected chi connectivity index (χ0v) is 32.6. The van der Waals surface area contributed by atoms with Crippen LogP contribution in [-0.2, 0) is 39.0 Å². The second kappa shape index (κ2) is 18.8. The smallest absolute Gasteiger partial charge is 0.326 e. The number of carboxylic acid groups (broad SMARTS) is 1. The van der Waals surface area contributed by atoms with E-state index >= 15 is 0 Å². The number of phenolic OH excluding ortho intramolecular Hbond substituents is 1. The second-order valence-electron chi connectivity index (χ2n) is 15.5. The first-order valence-electron chi connectivity index (χ1n) is 17.8. The van der Waals surface area contributed by atoms with Gasteiger partial charge in [-0.1, -0.05) is 66.7 Å². The van der Waals surface area contributed by atoms with Crippen LogP contribution in [0.4, 0.5) is 0 Å². The van der Waals surface area contributed by atoms with Crippen LogP contribution in [0, 0.1) is 11.3 Å². The lowest BCUT2D eigenvalue weighted by Crippen LogP contribution is -2.61. The largest absolute Gasteiger partial charge is 0.508 e. The molecule has 14 nitrogen and oxygen atoms in total. The van der Waals surface area contributed by atoms with Crippen molar-refractivity contribution in [3.05, 3.63) is 53.6 Å². The van der Waals surface area contributed by atoms with Gasteiger partial charge in [0.15, 0.2) is 0 Å². The van der Waals surface area contributed by atoms with Gasteiger partial charge >= 0.3 is 5.97 Å². The summed E-state index contributed by atoms with van der Waals surface area (Å²) in [5.41, 5.74) is -0.477. The molecule has 0 fully saturated rings. The zero-order valence-electron chi connectivity index (χ0n) is 32.6. The minimum atomic E-state index is -1.36. The van der Waals surface area contributed by atoms with Crippen LogP contribution < -0.4 is 16.0 Å². The molecule has 1 aromatic rings. The maximum atomic E-state index is 14.2. The number of nitrogens with one attached hydrogen (secondary N) is 3. The number of likely N-dealkylation sites (N-methyl/N-ethyl adjacent to an activating group) is 2. The fourth-order valence-electron chi connectivity index (χ4n) is 6.23. The predicted octanol–water partition coefficient (Wildman–Crippen LogP) is 2.84. The number of rotatable bonds is 19. The molecule has 4 atom stereocenters. The maximum absolute atomic E-state index is 14.2. The van der Waals surface area contributed by atoms with E-state index in [1.165, 1.54) is 11.8 Å². The minimum Gasteiger partial charge on any atom is -0.508 e. The van der Waals surface area contributed by atoms with E-state index in [0.717, 1.165) is 22.6 Å². The number of phenols is 1. The molecular weight excluding hydrogens is 682 g/mol. The average Bonchev–Trinajstić information content (AvgIpc) is 3.39. The molecular formula is C39H57N5O9. The molecule has 0 aliphatic carbocycles. The van der Waals surface area contributed by atoms with Gasteiger partial charge in [0.05, 0.1) is 12.1 Å². The van der Waals surface area contributed by atoms with E-state index in [1.54, 1.807) is 44.4 Å². The Balaban J connectivity index is 2.15. The number of hydrogen-bond acceptors (Lipinski definition) is 9. The highest BCUT2D eigenvalue weighted by atomic mass is 16.4. The molecule has 0 saturated carbocycles. The van der Waals surface area contributed by atoms with Crippen molar-refractivity contribution < 1.29 is 43.8 Å². The number of ketones is 1. The molecule has 0 spiro atoms. The van der Waals surface area contributed by atoms with Crippen molar-refractivity contribution in [1.82, 2.24) is 25.8 Å². The fourth-order valence-corrected chi connectivity index (χ4v) is 6.23. The standard InChI is InChI=1S/C39H57N5O9/c1-23(2)29(22-24(3)34(49)41-28(37(52)53)18-17-26(45)12-11-21-44-30(47)19-20-31(44)48)43(10)36(51)33(38(4,5)6)42-35(50)32(40-9)39(7,8)25-13-15-27(46)16-14-25/h13-16,19-20,22-23,28-29,32-33,40,46H,11-12,17-18,21H2,1-10H3,(H,41,49)(H,42,50)(H,52,53)/b24-22+/t28-,29-,32?,33-/m1/s1. The minimum absolute atomic E-state index is 0.0362. The second-order valence-corrected chi connectivity index (χ2v) is 15.5. The first kappa shape index (κ1) is 44.3. The third-order valence-electron chi connectivity index (χ3n) is 9.59. The highest BCUT2D eigenvalue weighted by Crippen LogP contribution is 2.30. The molecule has 1 aromatic carbocycles. The van der Waals surface area contributed by atoms with Gasteiger partial charge < -0.3 is 31.1 Å². The topological polar surface area (TPSA) is 203 Å². The number of carbonyl (C=O) groups is 7. The van der Waals surface area contributed by atoms with Crippen molar-refractivity contribution in [2.24, 2.45) is 11.3 Å². The highest BCUT2D eigenvalue weighted by molar-refractivity contribution is 6.12. The quantitative estimate of drug-likeness (QED) is 0.104. The normalized spacial score (nSPS) is 15.9. The number of carbonyl (C=O) groups excluding carboxylic acids is 6. The summed E-state index contributed by atoms with van der Waals surface area (Å²) in [6.07, 6.45) is 3.88. The third-order valence-corrected chi connectivity index (χ3v) is 9.59. The molecule has 53 heavy (non-hydrogen) atoms. The Morgan fingerprint density at radius 2 is 1.47 bits per heavy atom. The Bertz CT molecular complexity index is 1570. The summed E-state index contributed by atoms with van der Waals surface area (Å²) in [6, 6.07) is 2.92. The van der Waals surface area contributed by atoms with Crippen LogP contribution >= 0.6 is 0 Å². The highest BCUT2D eigenvalue weighted by Gasteiger charge is 2.41. The summed E-state index contributed by atoms with van der Waals surface area (Å²) in [4.78, 5) is 91.6. The van der Waals surface area contributed by atoms with Gasteiger partial charge in [-0.2, -0.15) is 0 Å². The third kappa shape index (κ3) is 12.1. The molecule has 14 heteroatoms. The van der Waals surface area contributed by atoms with Crippen LogP contribution in [0.2, 0.25) is 0 Å². The lowest BCUT2D eigenvalue weighted by Gasteiger charge is -2.40. The first-order valence-corrected chi connectivity index (χ1v) is 17.8. The lowest BCUT2D eigenvalue weighted by molar-refractivity contribution is -0.142. The number of Topliss-reactive ketones (excluding diaryl/α,β-unsaturated/α-hetero) is 1. The molecule has 5 N–H and O–H groups in total. The predicted molar refractivity (Wildman–Crippen MR) is 199 cm³/mol. The van der Waals surface area contributed by atoms with Gasteiger partial charge in [-0.25, -0.2) is 4.79 Å². The van der Waals surface area contributed by atoms with Crippen molar-refractivity contribution in [2.45, 2.75) is 111 Å². The Hall–Kier alpha value is -4.85. The number of imide groups is 1. The summed E-state index contributed by atoms with van der Waals surface area (Å²) in [5.74, 6) is -4.01. The number of nitrogens with zero attached hydrogens (tertiary/aromatic N) is 2. The average molecular weight is 740 g/mol. The monoisotopic (exact) mass is 739 g/mol. The van der Waals surface area contributed by atoms with Gasteiger partial charge in [-0.3, -0.25) is 33.7 Å². The van der Waals surface area contributed by atoms with Crippen molar-refractivity contribution in [3.8, 4) is 5.75 Å². The van der Waals surface area contributed by atoms with Gasteiger partial charge in [0.1, 0.15) is 23.6 Å². The molecule has 0 saturated heterocycles. The molecule has 292 valence electrons. The maximum Gasteiger partial charge on any atom is 0.326 e. The number of benzene rings is 1. The molecule has 1 unspecified atom stereocenters. The van der Waals surface area contributed by atoms with Crippen molar-refractivity contribution in [2.75, 3.05) is 20.6 Å². The molecule has 0 aromatic heterocycles. The summed E-state index contributed by atoms with van der Waals surface area (Å²) in [5, 5.41) is 28.1. The van der Waals surface area contributed by atoms with E-state index in [2.05, 4.69) is 16.0 Å². The van der Waals surface area contributed by atoms with Crippen LogP contribution in [0.15, 0.2) is 48.1 Å². The van der Waals surface area contributed by atoms with E-state index in [9.17, 15) is 43.8 Å². The Morgan fingerprint density at radius 1 is 0.906 bits per heavy atom. The first-order chi connectivity index (χ1) is 24.5. The van der Waals surface area contributed by atoms with E-state index in [0.29, 0.717) is 0 Å². The molecule has 1 heterocycles. The van der Waals surface area contributed by atoms with Crippen LogP contribution in [-0.4, -0.2) is 106 Å². The van der Waals surface area contributed by atoms with Crippen molar-refractivity contribution in [3.63, 3.8) is 0 Å². The fraction of sp³-hybridized carbons (Fsp3) is 0.564. The molecule has 1 aliphatic rings. The van der Waals surface area contributed by atoms with E-state index in [1.807, 2.05) is 48.5 Å². The number of aliphatic carboxylic acids is 1. The van der Waals surface area contributed by atoms with E-state index < -0.39 is 64.6 Å². The number of amides is 5. The summed E-state index contributed by atoms with van der Waals surface area (Å²) in [6.45, 7) is 14.6. The number of hydrogen-bond donors (Lipinski definition) is 5. The van der Waals surface area contributed by atoms with Crippen LogP contribution in [0.1, 0.15) is 86.6 Å². The Kier molecular flexibility index (Phi) is 15.7. The molecule has 0 radical (unpaired) electrons. The molecule has 1 aliphatic heterocycles. The summed E-state index contributed by atoms with van der Waals surface area (Å²) in [7, 11) is 3.25. The van der Waals surface area contributed by atoms with Crippen molar-refractivity contribution >= 4 is 41.3 Å². The van der Waals surface area contributed by atoms with Crippen molar-refractivity contribution in [1.29, 1.82) is 0 Å². The SMILES string of the molecule is CNC(C(=O)N[C@H](C(=O)N(C)[C@H](/C=C(\C)C(=O)N[C@H](CCC(=O)CCCN1C(=O)C=CC1=O)C(=O)O)C(C)C)C(C)(C)C)C(C)(C)c1ccc(O)cc1. The van der Waals surface area contributed by atoms with Crippen LogP contribution in [0.5, 0.6) is 5.75 Å². The molecule has 2 rings (SSSR count). The van der Waals surface area contributed by atoms with E-state index in [4.69, 9.17) is 0 Å². The lowest BCUT2D eigenvalue weighted by atomic mass is 9.76. The molecule has 0 bridgehead atoms. The van der Waals surface area contributed by atoms with Crippen LogP contribution in [0.25, 0.3) is 0 Å². The van der Waals surface area contributed by atoms with E-state index in [-0.39, 0.29) is 61.2 Å². The summed E-state index contributed by atoms with van der Waals surface area (Å²) >= 11 is 0. The number of carboxylic acids is 1. The van der Waals surface area contributed by atoms with Gasteiger partial charge in [0.2, 0.25) is 17.7 Å². The zero-order chi connectivity index (χ0) is 40.4. The number of aromatic hydroxyl groups is 1. The summed E-state index contributed by atoms with van der Waals surface area (Å²) < 4.78 is 0. The van der Waals surface area contributed by atoms with Gasteiger partial charge in [0.25, 0.3) is 11.8 Å². The molecule has 5 amide bonds. The van der Waals surface area contributed by atoms with Gasteiger partial charge in [-0.15, -0.1) is 0 Å². The Labute approximate surface area is 312 Å².